The van der Waals surface area contributed by atoms with Crippen molar-refractivity contribution in [3.05, 3.63) is 30.3 Å². The Bertz CT molecular complexity index is 273. The Balaban J connectivity index is 1.96. The van der Waals surface area contributed by atoms with E-state index in [0.29, 0.717) is 0 Å². The Labute approximate surface area is 90.5 Å². The lowest BCUT2D eigenvalue weighted by atomic mass is 10.2. The highest BCUT2D eigenvalue weighted by Crippen LogP contribution is 2.24. The minimum absolute atomic E-state index is 0.894. The number of benzene rings is 1. The summed E-state index contributed by atoms with van der Waals surface area (Å²) in [6.45, 7) is 2.47. The normalized spacial score (nSPS) is 21.5. The fraction of sp³-hybridized carbons (Fsp3) is 0.500. The molecule has 0 aromatic heterocycles. The molecular formula is C12H17NS. The average Bonchev–Trinajstić information content (AvgIpc) is 2.68. The van der Waals surface area contributed by atoms with Gasteiger partial charge in [0.25, 0.3) is 0 Å². The van der Waals surface area contributed by atoms with Gasteiger partial charge in [-0.15, -0.1) is 0 Å². The van der Waals surface area contributed by atoms with Crippen LogP contribution >= 0.6 is 11.8 Å². The van der Waals surface area contributed by atoms with Crippen LogP contribution in [0.15, 0.2) is 30.3 Å². The fourth-order valence-corrected chi connectivity index (χ4v) is 2.82. The number of hydrogen-bond acceptors (Lipinski definition) is 2. The summed E-state index contributed by atoms with van der Waals surface area (Å²) in [5.41, 5.74) is 1.39. The van der Waals surface area contributed by atoms with Gasteiger partial charge in [0.05, 0.1) is 0 Å². The Kier molecular flexibility index (Phi) is 3.35. The maximum atomic E-state index is 2.50. The van der Waals surface area contributed by atoms with E-state index in [-0.39, 0.29) is 0 Å². The summed E-state index contributed by atoms with van der Waals surface area (Å²) in [7, 11) is 0. The number of hydrogen-bond donors (Lipinski definition) is 0. The number of rotatable bonds is 3. The highest BCUT2D eigenvalue weighted by Gasteiger charge is 2.21. The lowest BCUT2D eigenvalue weighted by molar-refractivity contribution is 0.672. The molecule has 1 fully saturated rings. The van der Waals surface area contributed by atoms with Crippen LogP contribution in [0.4, 0.5) is 5.69 Å². The molecule has 1 atom stereocenters. The van der Waals surface area contributed by atoms with Crippen molar-refractivity contribution in [3.63, 3.8) is 0 Å². The molecule has 0 aliphatic carbocycles. The molecule has 2 heteroatoms. The average molecular weight is 207 g/mol. The summed E-state index contributed by atoms with van der Waals surface area (Å²) in [6.07, 6.45) is 3.56. The molecule has 1 nitrogen and oxygen atoms in total. The van der Waals surface area contributed by atoms with E-state index < -0.39 is 0 Å². The molecule has 2 rings (SSSR count). The predicted octanol–water partition coefficient (Wildman–Crippen LogP) is 2.88. The summed E-state index contributed by atoms with van der Waals surface area (Å²) in [4.78, 5) is 2.50. The van der Waals surface area contributed by atoms with Crippen molar-refractivity contribution < 1.29 is 0 Å². The van der Waals surface area contributed by atoms with E-state index >= 15 is 0 Å². The quantitative estimate of drug-likeness (QED) is 0.750. The smallest absolute Gasteiger partial charge is 0.0366 e. The van der Waals surface area contributed by atoms with E-state index in [9.17, 15) is 0 Å². The van der Waals surface area contributed by atoms with Gasteiger partial charge < -0.3 is 4.90 Å². The molecule has 0 bridgehead atoms. The second-order valence-electron chi connectivity index (χ2n) is 3.89. The maximum Gasteiger partial charge on any atom is 0.0366 e. The summed E-state index contributed by atoms with van der Waals surface area (Å²) < 4.78 is 0. The van der Waals surface area contributed by atoms with Crippen LogP contribution < -0.4 is 4.90 Å². The standard InChI is InChI=1S/C12H17NS/c1-14-10-11-7-8-13(9-11)12-5-3-2-4-6-12/h2-6,11H,7-10H2,1H3. The Hall–Kier alpha value is -0.630. The molecule has 1 aromatic rings. The molecule has 1 aliphatic heterocycles. The SMILES string of the molecule is CSCC1CCN(c2ccccc2)C1. The number of anilines is 1. The van der Waals surface area contributed by atoms with Crippen molar-refractivity contribution >= 4 is 17.4 Å². The summed E-state index contributed by atoms with van der Waals surface area (Å²) in [5.74, 6) is 2.20. The zero-order chi connectivity index (χ0) is 9.80. The van der Waals surface area contributed by atoms with Crippen molar-refractivity contribution in [1.29, 1.82) is 0 Å². The second-order valence-corrected chi connectivity index (χ2v) is 4.80. The Morgan fingerprint density at radius 1 is 1.36 bits per heavy atom. The fourth-order valence-electron chi connectivity index (χ4n) is 2.08. The van der Waals surface area contributed by atoms with Gasteiger partial charge in [-0.1, -0.05) is 18.2 Å². The number of thioether (sulfide) groups is 1. The van der Waals surface area contributed by atoms with Gasteiger partial charge in [-0.25, -0.2) is 0 Å². The molecule has 1 heterocycles. The summed E-state index contributed by atoms with van der Waals surface area (Å²) >= 11 is 1.97. The topological polar surface area (TPSA) is 3.24 Å². The first-order valence-corrected chi connectivity index (χ1v) is 6.58. The molecule has 0 spiro atoms. The van der Waals surface area contributed by atoms with Crippen LogP contribution in [0.2, 0.25) is 0 Å². The van der Waals surface area contributed by atoms with Crippen molar-refractivity contribution in [2.24, 2.45) is 5.92 Å². The zero-order valence-electron chi connectivity index (χ0n) is 8.65. The van der Waals surface area contributed by atoms with E-state index in [2.05, 4.69) is 41.5 Å². The first kappa shape index (κ1) is 9.91. The predicted molar refractivity (Wildman–Crippen MR) is 65.1 cm³/mol. The van der Waals surface area contributed by atoms with Gasteiger partial charge >= 0.3 is 0 Å². The van der Waals surface area contributed by atoms with Crippen LogP contribution in [0.25, 0.3) is 0 Å². The van der Waals surface area contributed by atoms with E-state index in [0.717, 1.165) is 5.92 Å². The van der Waals surface area contributed by atoms with Gasteiger partial charge in [-0.05, 0) is 36.5 Å². The first-order valence-electron chi connectivity index (χ1n) is 5.19. The number of nitrogens with zero attached hydrogens (tertiary/aromatic N) is 1. The second kappa shape index (κ2) is 4.74. The summed E-state index contributed by atoms with van der Waals surface area (Å²) in [6, 6.07) is 10.7. The molecule has 0 saturated carbocycles. The minimum Gasteiger partial charge on any atom is -0.371 e. The van der Waals surface area contributed by atoms with Gasteiger partial charge in [0.2, 0.25) is 0 Å². The van der Waals surface area contributed by atoms with Gasteiger partial charge in [-0.2, -0.15) is 11.8 Å². The van der Waals surface area contributed by atoms with Crippen molar-refractivity contribution in [2.75, 3.05) is 30.0 Å². The lowest BCUT2D eigenvalue weighted by Gasteiger charge is -2.18. The van der Waals surface area contributed by atoms with Gasteiger partial charge in [0.15, 0.2) is 0 Å². The lowest BCUT2D eigenvalue weighted by Crippen LogP contribution is -2.19. The van der Waals surface area contributed by atoms with Crippen LogP contribution in [-0.2, 0) is 0 Å². The van der Waals surface area contributed by atoms with Gasteiger partial charge in [0, 0.05) is 18.8 Å². The van der Waals surface area contributed by atoms with Gasteiger partial charge in [-0.3, -0.25) is 0 Å². The largest absolute Gasteiger partial charge is 0.371 e. The molecule has 0 radical (unpaired) electrons. The first-order chi connectivity index (χ1) is 6.90. The van der Waals surface area contributed by atoms with Crippen LogP contribution in [0.3, 0.4) is 0 Å². The van der Waals surface area contributed by atoms with Gasteiger partial charge in [0.1, 0.15) is 0 Å². The van der Waals surface area contributed by atoms with Crippen LogP contribution in [0, 0.1) is 5.92 Å². The van der Waals surface area contributed by atoms with Crippen molar-refractivity contribution in [2.45, 2.75) is 6.42 Å². The third-order valence-corrected chi connectivity index (χ3v) is 3.61. The maximum absolute atomic E-state index is 2.50. The summed E-state index contributed by atoms with van der Waals surface area (Å²) in [5, 5.41) is 0. The Morgan fingerprint density at radius 3 is 2.86 bits per heavy atom. The Morgan fingerprint density at radius 2 is 2.14 bits per heavy atom. The molecule has 76 valence electrons. The molecule has 1 aromatic carbocycles. The zero-order valence-corrected chi connectivity index (χ0v) is 9.46. The van der Waals surface area contributed by atoms with E-state index in [1.807, 2.05) is 11.8 Å². The van der Waals surface area contributed by atoms with Crippen LogP contribution in [0.5, 0.6) is 0 Å². The van der Waals surface area contributed by atoms with Crippen LogP contribution in [0.1, 0.15) is 6.42 Å². The highest BCUT2D eigenvalue weighted by atomic mass is 32.2. The van der Waals surface area contributed by atoms with Crippen LogP contribution in [-0.4, -0.2) is 25.1 Å². The molecular weight excluding hydrogens is 190 g/mol. The molecule has 1 saturated heterocycles. The van der Waals surface area contributed by atoms with E-state index in [1.54, 1.807) is 0 Å². The molecule has 1 unspecified atom stereocenters. The van der Waals surface area contributed by atoms with Crippen molar-refractivity contribution in [3.8, 4) is 0 Å². The third-order valence-electron chi connectivity index (χ3n) is 2.81. The minimum atomic E-state index is 0.894. The molecule has 0 N–H and O–H groups in total. The highest BCUT2D eigenvalue weighted by molar-refractivity contribution is 7.98. The molecule has 1 aliphatic rings. The molecule has 14 heavy (non-hydrogen) atoms. The van der Waals surface area contributed by atoms with Crippen molar-refractivity contribution in [1.82, 2.24) is 0 Å². The van der Waals surface area contributed by atoms with E-state index in [1.165, 1.54) is 31.0 Å². The third kappa shape index (κ3) is 2.24. The van der Waals surface area contributed by atoms with E-state index in [4.69, 9.17) is 0 Å². The molecule has 0 amide bonds. The monoisotopic (exact) mass is 207 g/mol. The number of para-hydroxylation sites is 1.